The van der Waals surface area contributed by atoms with Gasteiger partial charge < -0.3 is 21.7 Å². The molecule has 0 saturated heterocycles. The molecule has 1 unspecified atom stereocenters. The van der Waals surface area contributed by atoms with Crippen LogP contribution in [-0.4, -0.2) is 34.5 Å². The van der Waals surface area contributed by atoms with E-state index in [-0.39, 0.29) is 17.9 Å². The van der Waals surface area contributed by atoms with E-state index >= 15 is 0 Å². The number of carbonyl (C=O) groups excluding carboxylic acids is 1. The van der Waals surface area contributed by atoms with Crippen LogP contribution in [0.15, 0.2) is 6.07 Å². The molecule has 1 aliphatic carbocycles. The van der Waals surface area contributed by atoms with Crippen molar-refractivity contribution < 1.29 is 4.79 Å². The molecule has 7 nitrogen and oxygen atoms in total. The van der Waals surface area contributed by atoms with Gasteiger partial charge in [0, 0.05) is 18.7 Å². The second-order valence-electron chi connectivity index (χ2n) is 4.68. The minimum absolute atomic E-state index is 0.0234. The normalized spacial score (nSPS) is 15.7. The Labute approximate surface area is 112 Å². The molecule has 7 heteroatoms. The number of nitrogen functional groups attached to an aromatic ring is 1. The van der Waals surface area contributed by atoms with E-state index in [0.29, 0.717) is 17.7 Å². The number of anilines is 3. The number of nitrogens with two attached hydrogens (primary N) is 1. The van der Waals surface area contributed by atoms with Gasteiger partial charge in [0.05, 0.1) is 0 Å². The second kappa shape index (κ2) is 5.73. The lowest BCUT2D eigenvalue weighted by Crippen LogP contribution is -2.38. The highest BCUT2D eigenvalue weighted by molar-refractivity contribution is 5.84. The van der Waals surface area contributed by atoms with E-state index in [9.17, 15) is 4.79 Å². The Balaban J connectivity index is 1.98. The van der Waals surface area contributed by atoms with E-state index in [1.165, 1.54) is 0 Å². The molecular formula is C12H20N6O. The van der Waals surface area contributed by atoms with Gasteiger partial charge in [0.1, 0.15) is 17.7 Å². The van der Waals surface area contributed by atoms with E-state index < -0.39 is 0 Å². The van der Waals surface area contributed by atoms with Gasteiger partial charge in [-0.25, -0.2) is 0 Å². The Hall–Kier alpha value is -2.05. The Kier molecular flexibility index (Phi) is 4.03. The van der Waals surface area contributed by atoms with Gasteiger partial charge in [-0.3, -0.25) is 4.79 Å². The highest BCUT2D eigenvalue weighted by atomic mass is 16.2. The molecular weight excluding hydrogens is 244 g/mol. The lowest BCUT2D eigenvalue weighted by molar-refractivity contribution is -0.121. The van der Waals surface area contributed by atoms with Crippen molar-refractivity contribution >= 4 is 23.5 Å². The molecule has 0 aromatic carbocycles. The monoisotopic (exact) mass is 264 g/mol. The zero-order valence-corrected chi connectivity index (χ0v) is 11.2. The average Bonchev–Trinajstić information content (AvgIpc) is 3.12. The van der Waals surface area contributed by atoms with Gasteiger partial charge >= 0.3 is 0 Å². The lowest BCUT2D eigenvalue weighted by Gasteiger charge is -2.15. The van der Waals surface area contributed by atoms with E-state index in [1.54, 1.807) is 13.0 Å². The summed E-state index contributed by atoms with van der Waals surface area (Å²) in [6, 6.07) is 1.73. The zero-order valence-electron chi connectivity index (χ0n) is 11.2. The summed E-state index contributed by atoms with van der Waals surface area (Å²) in [5, 5.41) is 9.03. The van der Waals surface area contributed by atoms with Crippen molar-refractivity contribution in [1.82, 2.24) is 15.3 Å². The van der Waals surface area contributed by atoms with Crippen molar-refractivity contribution in [2.75, 3.05) is 22.9 Å². The minimum atomic E-state index is -0.357. The first-order valence-electron chi connectivity index (χ1n) is 6.54. The van der Waals surface area contributed by atoms with Gasteiger partial charge in [-0.2, -0.15) is 9.97 Å². The van der Waals surface area contributed by atoms with Crippen LogP contribution < -0.4 is 21.7 Å². The first kappa shape index (κ1) is 13.4. The van der Waals surface area contributed by atoms with Crippen LogP contribution in [0.5, 0.6) is 0 Å². The number of hydrogen-bond donors (Lipinski definition) is 4. The van der Waals surface area contributed by atoms with Gasteiger partial charge in [0.2, 0.25) is 11.9 Å². The fourth-order valence-corrected chi connectivity index (χ4v) is 1.65. The van der Waals surface area contributed by atoms with Crippen molar-refractivity contribution in [3.63, 3.8) is 0 Å². The molecule has 0 radical (unpaired) electrons. The summed E-state index contributed by atoms with van der Waals surface area (Å²) in [6.07, 6.45) is 2.15. The Morgan fingerprint density at radius 1 is 1.47 bits per heavy atom. The molecule has 1 heterocycles. The Morgan fingerprint density at radius 3 is 2.79 bits per heavy atom. The maximum absolute atomic E-state index is 11.8. The van der Waals surface area contributed by atoms with Crippen LogP contribution in [0.4, 0.5) is 17.6 Å². The van der Waals surface area contributed by atoms with Crippen molar-refractivity contribution in [3.05, 3.63) is 6.07 Å². The molecule has 1 aliphatic rings. The van der Waals surface area contributed by atoms with Crippen LogP contribution in [0.3, 0.4) is 0 Å². The van der Waals surface area contributed by atoms with E-state index in [4.69, 9.17) is 5.73 Å². The molecule has 1 amide bonds. The molecule has 1 saturated carbocycles. The first-order chi connectivity index (χ1) is 9.08. The summed E-state index contributed by atoms with van der Waals surface area (Å²) in [6.45, 7) is 4.51. The third-order valence-corrected chi connectivity index (χ3v) is 2.78. The number of rotatable bonds is 6. The largest absolute Gasteiger partial charge is 0.370 e. The quantitative estimate of drug-likeness (QED) is 0.598. The number of amides is 1. The predicted molar refractivity (Wildman–Crippen MR) is 74.9 cm³/mol. The fraction of sp³-hybridized carbons (Fsp3) is 0.583. The molecule has 1 fully saturated rings. The molecule has 5 N–H and O–H groups in total. The van der Waals surface area contributed by atoms with Gasteiger partial charge in [-0.15, -0.1) is 0 Å². The molecule has 19 heavy (non-hydrogen) atoms. The van der Waals surface area contributed by atoms with Crippen LogP contribution in [0.1, 0.15) is 26.7 Å². The van der Waals surface area contributed by atoms with Crippen molar-refractivity contribution in [3.8, 4) is 0 Å². The molecule has 0 spiro atoms. The summed E-state index contributed by atoms with van der Waals surface area (Å²) in [5.74, 6) is 1.34. The molecule has 2 rings (SSSR count). The topological polar surface area (TPSA) is 105 Å². The summed E-state index contributed by atoms with van der Waals surface area (Å²) >= 11 is 0. The van der Waals surface area contributed by atoms with E-state index in [0.717, 1.165) is 19.4 Å². The Bertz CT molecular complexity index is 460. The molecule has 0 bridgehead atoms. The van der Waals surface area contributed by atoms with Crippen LogP contribution in [0.25, 0.3) is 0 Å². The van der Waals surface area contributed by atoms with Gasteiger partial charge in [-0.05, 0) is 26.7 Å². The molecule has 104 valence electrons. The molecule has 0 aliphatic heterocycles. The third-order valence-electron chi connectivity index (χ3n) is 2.78. The number of aromatic nitrogens is 2. The predicted octanol–water partition coefficient (Wildman–Crippen LogP) is 0.570. The van der Waals surface area contributed by atoms with Crippen molar-refractivity contribution in [1.29, 1.82) is 0 Å². The lowest BCUT2D eigenvalue weighted by atomic mass is 10.3. The number of nitrogens with one attached hydrogen (secondary N) is 3. The fourth-order valence-electron chi connectivity index (χ4n) is 1.65. The number of carbonyl (C=O) groups is 1. The highest BCUT2D eigenvalue weighted by Gasteiger charge is 2.25. The SMILES string of the molecule is CCNc1cc(NC(C)C(=O)NC2CC2)nc(N)n1. The smallest absolute Gasteiger partial charge is 0.242 e. The number of nitrogens with zero attached hydrogens (tertiary/aromatic N) is 2. The first-order valence-corrected chi connectivity index (χ1v) is 6.54. The Morgan fingerprint density at radius 2 is 2.16 bits per heavy atom. The van der Waals surface area contributed by atoms with E-state index in [2.05, 4.69) is 25.9 Å². The van der Waals surface area contributed by atoms with Crippen LogP contribution in [-0.2, 0) is 4.79 Å². The molecule has 1 aromatic rings. The third kappa shape index (κ3) is 3.97. The standard InChI is InChI=1S/C12H20N6O/c1-3-14-9-6-10(18-12(13)17-9)15-7(2)11(19)16-8-4-5-8/h6-8H,3-5H2,1-2H3,(H,16,19)(H4,13,14,15,17,18). The summed E-state index contributed by atoms with van der Waals surface area (Å²) in [7, 11) is 0. The maximum Gasteiger partial charge on any atom is 0.242 e. The maximum atomic E-state index is 11.8. The van der Waals surface area contributed by atoms with Crippen LogP contribution >= 0.6 is 0 Å². The highest BCUT2D eigenvalue weighted by Crippen LogP contribution is 2.19. The van der Waals surface area contributed by atoms with Crippen molar-refractivity contribution in [2.24, 2.45) is 0 Å². The van der Waals surface area contributed by atoms with Gasteiger partial charge in [0.25, 0.3) is 0 Å². The van der Waals surface area contributed by atoms with Gasteiger partial charge in [-0.1, -0.05) is 0 Å². The van der Waals surface area contributed by atoms with Crippen molar-refractivity contribution in [2.45, 2.75) is 38.8 Å². The summed E-state index contributed by atoms with van der Waals surface area (Å²) in [5.41, 5.74) is 5.63. The van der Waals surface area contributed by atoms with E-state index in [1.807, 2.05) is 6.92 Å². The number of hydrogen-bond acceptors (Lipinski definition) is 6. The average molecular weight is 264 g/mol. The zero-order chi connectivity index (χ0) is 13.8. The molecule has 1 atom stereocenters. The van der Waals surface area contributed by atoms with Crippen LogP contribution in [0.2, 0.25) is 0 Å². The summed E-state index contributed by atoms with van der Waals surface area (Å²) < 4.78 is 0. The van der Waals surface area contributed by atoms with Gasteiger partial charge in [0.15, 0.2) is 0 Å². The molecule has 1 aromatic heterocycles. The van der Waals surface area contributed by atoms with Crippen LogP contribution in [0, 0.1) is 0 Å². The summed E-state index contributed by atoms with van der Waals surface area (Å²) in [4.78, 5) is 19.9. The second-order valence-corrected chi connectivity index (χ2v) is 4.68. The minimum Gasteiger partial charge on any atom is -0.370 e.